The van der Waals surface area contributed by atoms with Crippen LogP contribution in [0, 0.1) is 6.92 Å². The fraction of sp³-hybridized carbons (Fsp3) is 0.444. The number of carbonyl (C=O) groups is 1. The third-order valence-corrected chi connectivity index (χ3v) is 3.88. The van der Waals surface area contributed by atoms with E-state index in [2.05, 4.69) is 15.7 Å². The number of aryl methyl sites for hydroxylation is 2. The number of carbonyl (C=O) groups excluding carboxylic acids is 1. The number of urea groups is 1. The summed E-state index contributed by atoms with van der Waals surface area (Å²) in [6, 6.07) is 6.95. The number of para-hydroxylation sites is 2. The molecule has 2 aromatic rings. The van der Waals surface area contributed by atoms with Gasteiger partial charge >= 0.3 is 6.03 Å². The van der Waals surface area contributed by atoms with Crippen LogP contribution in [0.4, 0.5) is 10.6 Å². The summed E-state index contributed by atoms with van der Waals surface area (Å²) in [6.45, 7) is 6.20. The van der Waals surface area contributed by atoms with E-state index in [4.69, 9.17) is 9.47 Å². The van der Waals surface area contributed by atoms with E-state index in [-0.39, 0.29) is 12.1 Å². The minimum absolute atomic E-state index is 0.177. The number of aromatic nitrogens is 2. The van der Waals surface area contributed by atoms with E-state index in [1.807, 2.05) is 52.1 Å². The number of anilines is 1. The molecule has 7 nitrogen and oxygen atoms in total. The molecule has 0 radical (unpaired) electrons. The minimum atomic E-state index is -0.287. The number of ether oxygens (including phenoxy) is 2. The van der Waals surface area contributed by atoms with Crippen molar-refractivity contribution in [3.8, 4) is 11.5 Å². The van der Waals surface area contributed by atoms with Crippen molar-refractivity contribution in [3.05, 3.63) is 35.5 Å². The quantitative estimate of drug-likeness (QED) is 0.808. The fourth-order valence-corrected chi connectivity index (χ4v) is 2.56. The number of amides is 2. The zero-order valence-electron chi connectivity index (χ0n) is 15.4. The third kappa shape index (κ3) is 4.65. The summed E-state index contributed by atoms with van der Waals surface area (Å²) in [7, 11) is 3.41. The molecule has 0 unspecified atom stereocenters. The van der Waals surface area contributed by atoms with Crippen molar-refractivity contribution in [2.24, 2.45) is 7.05 Å². The molecule has 0 bridgehead atoms. The molecular formula is C18H26N4O3. The van der Waals surface area contributed by atoms with Crippen LogP contribution in [0.3, 0.4) is 0 Å². The van der Waals surface area contributed by atoms with E-state index >= 15 is 0 Å². The van der Waals surface area contributed by atoms with Crippen LogP contribution >= 0.6 is 0 Å². The lowest BCUT2D eigenvalue weighted by Crippen LogP contribution is -2.40. The molecule has 1 aromatic carbocycles. The fourth-order valence-electron chi connectivity index (χ4n) is 2.56. The maximum atomic E-state index is 12.2. The molecule has 2 rings (SSSR count). The maximum Gasteiger partial charge on any atom is 0.320 e. The SMILES string of the molecule is CCc1nn(C)c(NC(=O)N[C@H](C)COc2ccccc2OC)c1C. The van der Waals surface area contributed by atoms with E-state index in [1.54, 1.807) is 11.8 Å². The molecule has 25 heavy (non-hydrogen) atoms. The Bertz CT molecular complexity index is 727. The van der Waals surface area contributed by atoms with Crippen LogP contribution in [0.5, 0.6) is 11.5 Å². The molecule has 1 atom stereocenters. The van der Waals surface area contributed by atoms with Gasteiger partial charge in [-0.25, -0.2) is 4.79 Å². The zero-order valence-corrected chi connectivity index (χ0v) is 15.4. The van der Waals surface area contributed by atoms with Crippen molar-refractivity contribution >= 4 is 11.8 Å². The lowest BCUT2D eigenvalue weighted by Gasteiger charge is -2.17. The maximum absolute atomic E-state index is 12.2. The van der Waals surface area contributed by atoms with Crippen LogP contribution in [0.15, 0.2) is 24.3 Å². The number of nitrogens with zero attached hydrogens (tertiary/aromatic N) is 2. The summed E-state index contributed by atoms with van der Waals surface area (Å²) in [5.74, 6) is 2.01. The number of nitrogens with one attached hydrogen (secondary N) is 2. The highest BCUT2D eigenvalue weighted by Gasteiger charge is 2.15. The molecule has 0 saturated carbocycles. The predicted octanol–water partition coefficient (Wildman–Crippen LogP) is 2.89. The highest BCUT2D eigenvalue weighted by molar-refractivity contribution is 5.89. The van der Waals surface area contributed by atoms with Gasteiger partial charge in [-0.3, -0.25) is 10.00 Å². The molecule has 7 heteroatoms. The Morgan fingerprint density at radius 3 is 2.60 bits per heavy atom. The average molecular weight is 346 g/mol. The number of benzene rings is 1. The Balaban J connectivity index is 1.89. The normalized spacial score (nSPS) is 11.7. The second kappa shape index (κ2) is 8.41. The first kappa shape index (κ1) is 18.6. The van der Waals surface area contributed by atoms with Crippen LogP contribution in [-0.4, -0.2) is 35.6 Å². The van der Waals surface area contributed by atoms with Crippen molar-refractivity contribution in [2.45, 2.75) is 33.2 Å². The largest absolute Gasteiger partial charge is 0.493 e. The summed E-state index contributed by atoms with van der Waals surface area (Å²) in [4.78, 5) is 12.2. The monoisotopic (exact) mass is 346 g/mol. The van der Waals surface area contributed by atoms with Crippen molar-refractivity contribution in [3.63, 3.8) is 0 Å². The molecule has 1 heterocycles. The van der Waals surface area contributed by atoms with Crippen LogP contribution in [0.25, 0.3) is 0 Å². The number of hydrogen-bond acceptors (Lipinski definition) is 4. The smallest absolute Gasteiger partial charge is 0.320 e. The number of methoxy groups -OCH3 is 1. The first-order valence-electron chi connectivity index (χ1n) is 8.32. The second-order valence-electron chi connectivity index (χ2n) is 5.86. The predicted molar refractivity (Wildman–Crippen MR) is 97.4 cm³/mol. The van der Waals surface area contributed by atoms with Gasteiger partial charge in [-0.05, 0) is 32.4 Å². The van der Waals surface area contributed by atoms with Crippen LogP contribution < -0.4 is 20.1 Å². The molecule has 0 fully saturated rings. The van der Waals surface area contributed by atoms with E-state index in [1.165, 1.54) is 0 Å². The molecule has 0 spiro atoms. The molecule has 0 saturated heterocycles. The van der Waals surface area contributed by atoms with Crippen molar-refractivity contribution in [2.75, 3.05) is 19.0 Å². The molecule has 2 amide bonds. The molecule has 2 N–H and O–H groups in total. The summed E-state index contributed by atoms with van der Waals surface area (Å²) in [6.07, 6.45) is 0.826. The van der Waals surface area contributed by atoms with Gasteiger partial charge in [0, 0.05) is 12.6 Å². The third-order valence-electron chi connectivity index (χ3n) is 3.88. The first-order valence-corrected chi connectivity index (χ1v) is 8.32. The average Bonchev–Trinajstić information content (AvgIpc) is 2.87. The summed E-state index contributed by atoms with van der Waals surface area (Å²) in [5.41, 5.74) is 1.96. The number of hydrogen-bond donors (Lipinski definition) is 2. The lowest BCUT2D eigenvalue weighted by molar-refractivity contribution is 0.233. The Morgan fingerprint density at radius 2 is 2.00 bits per heavy atom. The Hall–Kier alpha value is -2.70. The second-order valence-corrected chi connectivity index (χ2v) is 5.86. The van der Waals surface area contributed by atoms with Crippen molar-refractivity contribution in [1.29, 1.82) is 0 Å². The topological polar surface area (TPSA) is 77.4 Å². The van der Waals surface area contributed by atoms with Crippen molar-refractivity contribution in [1.82, 2.24) is 15.1 Å². The number of rotatable bonds is 7. The highest BCUT2D eigenvalue weighted by atomic mass is 16.5. The van der Waals surface area contributed by atoms with Crippen LogP contribution in [-0.2, 0) is 13.5 Å². The molecular weight excluding hydrogens is 320 g/mol. The molecule has 136 valence electrons. The van der Waals surface area contributed by atoms with Gasteiger partial charge < -0.3 is 14.8 Å². The highest BCUT2D eigenvalue weighted by Crippen LogP contribution is 2.25. The van der Waals surface area contributed by atoms with Gasteiger partial charge in [0.25, 0.3) is 0 Å². The van der Waals surface area contributed by atoms with E-state index in [9.17, 15) is 4.79 Å². The van der Waals surface area contributed by atoms with Gasteiger partial charge in [0.2, 0.25) is 0 Å². The first-order chi connectivity index (χ1) is 12.0. The molecule has 0 aliphatic rings. The van der Waals surface area contributed by atoms with E-state index < -0.39 is 0 Å². The van der Waals surface area contributed by atoms with Gasteiger partial charge in [-0.15, -0.1) is 0 Å². The standard InChI is InChI=1S/C18H26N4O3/c1-6-14-13(3)17(22(4)21-14)20-18(23)19-12(2)11-25-16-10-8-7-9-15(16)24-5/h7-10,12H,6,11H2,1-5H3,(H2,19,20,23)/t12-/m1/s1. The van der Waals surface area contributed by atoms with Gasteiger partial charge in [0.1, 0.15) is 12.4 Å². The Morgan fingerprint density at radius 1 is 1.32 bits per heavy atom. The van der Waals surface area contributed by atoms with Crippen LogP contribution in [0.1, 0.15) is 25.1 Å². The Kier molecular flexibility index (Phi) is 6.27. The summed E-state index contributed by atoms with van der Waals surface area (Å²) < 4.78 is 12.7. The van der Waals surface area contributed by atoms with Gasteiger partial charge in [0.05, 0.1) is 18.8 Å². The molecule has 0 aliphatic carbocycles. The van der Waals surface area contributed by atoms with E-state index in [0.717, 1.165) is 17.7 Å². The van der Waals surface area contributed by atoms with Gasteiger partial charge in [-0.2, -0.15) is 5.10 Å². The molecule has 1 aromatic heterocycles. The van der Waals surface area contributed by atoms with Gasteiger partial charge in [-0.1, -0.05) is 19.1 Å². The summed E-state index contributed by atoms with van der Waals surface area (Å²) in [5, 5.41) is 10.1. The van der Waals surface area contributed by atoms with Gasteiger partial charge in [0.15, 0.2) is 11.5 Å². The molecule has 0 aliphatic heterocycles. The van der Waals surface area contributed by atoms with Crippen LogP contribution in [0.2, 0.25) is 0 Å². The van der Waals surface area contributed by atoms with E-state index in [0.29, 0.717) is 23.9 Å². The summed E-state index contributed by atoms with van der Waals surface area (Å²) >= 11 is 0. The minimum Gasteiger partial charge on any atom is -0.493 e. The van der Waals surface area contributed by atoms with Crippen molar-refractivity contribution < 1.29 is 14.3 Å². The zero-order chi connectivity index (χ0) is 18.4. The Labute approximate surface area is 148 Å². The lowest BCUT2D eigenvalue weighted by atomic mass is 10.2.